The van der Waals surface area contributed by atoms with E-state index in [1.807, 2.05) is 6.07 Å². The molecule has 3 fully saturated rings. The highest BCUT2D eigenvalue weighted by Gasteiger charge is 2.40. The maximum absolute atomic E-state index is 6.28. The molecule has 1 aliphatic carbocycles. The summed E-state index contributed by atoms with van der Waals surface area (Å²) in [5.74, 6) is 2.37. The van der Waals surface area contributed by atoms with E-state index in [0.717, 1.165) is 50.8 Å². The molecule has 2 aliphatic heterocycles. The Morgan fingerprint density at radius 3 is 2.91 bits per heavy atom. The first kappa shape index (κ1) is 15.1. The fraction of sp³-hybridized carbons (Fsp3) is 0.765. The van der Waals surface area contributed by atoms with Gasteiger partial charge in [-0.15, -0.1) is 0 Å². The molecule has 0 aromatic carbocycles. The van der Waals surface area contributed by atoms with Gasteiger partial charge in [0.2, 0.25) is 5.88 Å². The summed E-state index contributed by atoms with van der Waals surface area (Å²) >= 11 is 0. The predicted molar refractivity (Wildman–Crippen MR) is 85.8 cm³/mol. The molecular weight excluding hydrogens is 294 g/mol. The molecule has 3 atom stereocenters. The Labute approximate surface area is 137 Å². The van der Waals surface area contributed by atoms with Gasteiger partial charge in [-0.1, -0.05) is 0 Å². The minimum absolute atomic E-state index is 0.259. The quantitative estimate of drug-likeness (QED) is 0.800. The van der Waals surface area contributed by atoms with Crippen LogP contribution in [0.5, 0.6) is 5.88 Å². The first-order chi connectivity index (χ1) is 11.3. The summed E-state index contributed by atoms with van der Waals surface area (Å²) in [6.07, 6.45) is 8.05. The van der Waals surface area contributed by atoms with Gasteiger partial charge in [0.1, 0.15) is 12.1 Å². The second-order valence-corrected chi connectivity index (χ2v) is 6.82. The second-order valence-electron chi connectivity index (χ2n) is 6.82. The van der Waals surface area contributed by atoms with E-state index < -0.39 is 0 Å². The van der Waals surface area contributed by atoms with Crippen LogP contribution in [0.1, 0.15) is 32.1 Å². The van der Waals surface area contributed by atoms with E-state index in [1.165, 1.54) is 12.8 Å². The number of hydrogen-bond acceptors (Lipinski definition) is 6. The molecule has 23 heavy (non-hydrogen) atoms. The van der Waals surface area contributed by atoms with Crippen LogP contribution >= 0.6 is 0 Å². The van der Waals surface area contributed by atoms with Crippen LogP contribution in [0.4, 0.5) is 5.82 Å². The topological polar surface area (TPSA) is 56.7 Å². The Kier molecular flexibility index (Phi) is 4.35. The largest absolute Gasteiger partial charge is 0.481 e. The number of rotatable bonds is 6. The highest BCUT2D eigenvalue weighted by atomic mass is 16.5. The highest BCUT2D eigenvalue weighted by molar-refractivity contribution is 5.44. The number of ether oxygens (including phenoxy) is 3. The number of methoxy groups -OCH3 is 1. The number of fused-ring (bicyclic) bond motifs is 1. The molecular formula is C17H25N3O3. The first-order valence-corrected chi connectivity index (χ1v) is 8.69. The lowest BCUT2D eigenvalue weighted by molar-refractivity contribution is -0.0872. The third kappa shape index (κ3) is 3.43. The van der Waals surface area contributed by atoms with Crippen LogP contribution in [0.3, 0.4) is 0 Å². The molecule has 3 aliphatic rings. The zero-order valence-electron chi connectivity index (χ0n) is 13.7. The van der Waals surface area contributed by atoms with Crippen molar-refractivity contribution in [2.75, 3.05) is 31.8 Å². The summed E-state index contributed by atoms with van der Waals surface area (Å²) in [7, 11) is 1.63. The summed E-state index contributed by atoms with van der Waals surface area (Å²) in [6.45, 7) is 2.65. The molecule has 126 valence electrons. The van der Waals surface area contributed by atoms with Gasteiger partial charge in [-0.05, 0) is 38.0 Å². The summed E-state index contributed by atoms with van der Waals surface area (Å²) in [4.78, 5) is 10.8. The third-order valence-corrected chi connectivity index (χ3v) is 5.12. The molecule has 1 aromatic rings. The lowest BCUT2D eigenvalue weighted by atomic mass is 9.99. The smallest absolute Gasteiger partial charge is 0.218 e. The zero-order chi connectivity index (χ0) is 15.6. The average molecular weight is 319 g/mol. The standard InChI is InChI=1S/C17H25N3O3/c1-21-17-8-16(18-11-19-17)20-7-6-15-14(20)5-4-13(23-15)10-22-9-12-2-3-12/h8,11-15H,2-7,9-10H2,1H3/t13?,14-,15-/m0/s1. The Morgan fingerprint density at radius 2 is 2.09 bits per heavy atom. The van der Waals surface area contributed by atoms with E-state index >= 15 is 0 Å². The molecule has 3 heterocycles. The second kappa shape index (κ2) is 6.61. The summed E-state index contributed by atoms with van der Waals surface area (Å²) in [5, 5.41) is 0. The minimum atomic E-state index is 0.259. The van der Waals surface area contributed by atoms with Crippen LogP contribution < -0.4 is 9.64 Å². The van der Waals surface area contributed by atoms with Crippen molar-refractivity contribution in [3.63, 3.8) is 0 Å². The van der Waals surface area contributed by atoms with Crippen LogP contribution in [0.2, 0.25) is 0 Å². The molecule has 6 nitrogen and oxygen atoms in total. The van der Waals surface area contributed by atoms with Gasteiger partial charge in [0.05, 0.1) is 32.0 Å². The molecule has 0 bridgehead atoms. The number of anilines is 1. The fourth-order valence-electron chi connectivity index (χ4n) is 3.65. The number of hydrogen-bond donors (Lipinski definition) is 0. The molecule has 0 spiro atoms. The maximum atomic E-state index is 6.28. The van der Waals surface area contributed by atoms with Gasteiger partial charge in [-0.3, -0.25) is 0 Å². The van der Waals surface area contributed by atoms with E-state index in [-0.39, 0.29) is 6.10 Å². The lowest BCUT2D eigenvalue weighted by Gasteiger charge is -2.36. The van der Waals surface area contributed by atoms with Gasteiger partial charge < -0.3 is 19.1 Å². The minimum Gasteiger partial charge on any atom is -0.481 e. The van der Waals surface area contributed by atoms with E-state index in [9.17, 15) is 0 Å². The fourth-order valence-corrected chi connectivity index (χ4v) is 3.65. The Balaban J connectivity index is 1.33. The van der Waals surface area contributed by atoms with Crippen molar-refractivity contribution in [3.8, 4) is 5.88 Å². The Hall–Kier alpha value is -1.40. The zero-order valence-corrected chi connectivity index (χ0v) is 13.7. The van der Waals surface area contributed by atoms with Gasteiger partial charge in [0, 0.05) is 19.2 Å². The predicted octanol–water partition coefficient (Wildman–Crippen LogP) is 2.04. The van der Waals surface area contributed by atoms with E-state index in [4.69, 9.17) is 14.2 Å². The number of nitrogens with zero attached hydrogens (tertiary/aromatic N) is 3. The molecule has 0 amide bonds. The van der Waals surface area contributed by atoms with Crippen molar-refractivity contribution in [1.29, 1.82) is 0 Å². The van der Waals surface area contributed by atoms with Crippen molar-refractivity contribution in [1.82, 2.24) is 9.97 Å². The van der Waals surface area contributed by atoms with Gasteiger partial charge >= 0.3 is 0 Å². The van der Waals surface area contributed by atoms with Crippen LogP contribution in [0.15, 0.2) is 12.4 Å². The molecule has 2 saturated heterocycles. The van der Waals surface area contributed by atoms with Crippen molar-refractivity contribution < 1.29 is 14.2 Å². The van der Waals surface area contributed by atoms with Gasteiger partial charge in [-0.25, -0.2) is 9.97 Å². The van der Waals surface area contributed by atoms with Crippen molar-refractivity contribution >= 4 is 5.82 Å². The number of aromatic nitrogens is 2. The van der Waals surface area contributed by atoms with Crippen molar-refractivity contribution in [3.05, 3.63) is 12.4 Å². The summed E-state index contributed by atoms with van der Waals surface area (Å²) in [6, 6.07) is 2.32. The molecule has 0 N–H and O–H groups in total. The van der Waals surface area contributed by atoms with E-state index in [0.29, 0.717) is 18.0 Å². The Morgan fingerprint density at radius 1 is 1.17 bits per heavy atom. The Bertz CT molecular complexity index is 538. The van der Waals surface area contributed by atoms with E-state index in [1.54, 1.807) is 13.4 Å². The third-order valence-electron chi connectivity index (χ3n) is 5.12. The van der Waals surface area contributed by atoms with Crippen molar-refractivity contribution in [2.45, 2.75) is 50.4 Å². The van der Waals surface area contributed by atoms with E-state index in [2.05, 4.69) is 14.9 Å². The van der Waals surface area contributed by atoms with Gasteiger partial charge in [-0.2, -0.15) is 0 Å². The summed E-state index contributed by atoms with van der Waals surface area (Å²) < 4.78 is 17.3. The normalized spacial score (nSPS) is 30.3. The lowest BCUT2D eigenvalue weighted by Crippen LogP contribution is -2.44. The monoisotopic (exact) mass is 319 g/mol. The maximum Gasteiger partial charge on any atom is 0.218 e. The highest BCUT2D eigenvalue weighted by Crippen LogP contribution is 2.35. The molecule has 1 aromatic heterocycles. The summed E-state index contributed by atoms with van der Waals surface area (Å²) in [5.41, 5.74) is 0. The average Bonchev–Trinajstić information content (AvgIpc) is 3.32. The molecule has 4 rings (SSSR count). The molecule has 1 unspecified atom stereocenters. The van der Waals surface area contributed by atoms with Crippen molar-refractivity contribution in [2.24, 2.45) is 5.92 Å². The van der Waals surface area contributed by atoms with Crippen LogP contribution in [-0.2, 0) is 9.47 Å². The molecule has 0 radical (unpaired) electrons. The van der Waals surface area contributed by atoms with Gasteiger partial charge in [0.15, 0.2) is 0 Å². The van der Waals surface area contributed by atoms with Crippen LogP contribution in [0, 0.1) is 5.92 Å². The van der Waals surface area contributed by atoms with Crippen LogP contribution in [-0.4, -0.2) is 55.1 Å². The molecule has 6 heteroatoms. The molecule has 1 saturated carbocycles. The van der Waals surface area contributed by atoms with Crippen LogP contribution in [0.25, 0.3) is 0 Å². The van der Waals surface area contributed by atoms with Gasteiger partial charge in [0.25, 0.3) is 0 Å². The first-order valence-electron chi connectivity index (χ1n) is 8.69. The SMILES string of the molecule is COc1cc(N2CC[C@@H]3OC(COCC4CC4)CC[C@@H]32)ncn1.